The molecule has 1 aromatic heterocycles. The van der Waals surface area contributed by atoms with Gasteiger partial charge in [0.15, 0.2) is 11.5 Å². The molecule has 0 aliphatic heterocycles. The molecule has 1 aromatic carbocycles. The third-order valence-electron chi connectivity index (χ3n) is 3.22. The van der Waals surface area contributed by atoms with Gasteiger partial charge in [0.1, 0.15) is 11.2 Å². The first-order valence-electron chi connectivity index (χ1n) is 8.86. The van der Waals surface area contributed by atoms with Gasteiger partial charge >= 0.3 is 12.3 Å². The average Bonchev–Trinajstić information content (AvgIpc) is 2.55. The Kier molecular flexibility index (Phi) is 7.47. The number of rotatable bonds is 3. The second kappa shape index (κ2) is 9.15. The standard InChI is InChI=1S/C20H23BrO7S2/c1-19(2,3)27-17(23)25-11-8-10-13(30-16(29-7)14(21)15(10)22)9-12(11)26-18(24)28-20(4,5)6/h8-9H,1-7H3. The Morgan fingerprint density at radius 1 is 0.933 bits per heavy atom. The van der Waals surface area contributed by atoms with E-state index in [0.29, 0.717) is 14.6 Å². The molecule has 7 nitrogen and oxygen atoms in total. The van der Waals surface area contributed by atoms with Crippen molar-refractivity contribution in [2.45, 2.75) is 57.0 Å². The molecule has 0 saturated carbocycles. The summed E-state index contributed by atoms with van der Waals surface area (Å²) in [5, 5.41) is 0.305. The molecule has 0 aliphatic carbocycles. The van der Waals surface area contributed by atoms with Crippen LogP contribution in [0.25, 0.3) is 10.1 Å². The summed E-state index contributed by atoms with van der Waals surface area (Å²) in [6.45, 7) is 10.1. The van der Waals surface area contributed by atoms with E-state index in [1.165, 1.54) is 35.2 Å². The Bertz CT molecular complexity index is 1030. The molecule has 2 rings (SSSR count). The third-order valence-corrected chi connectivity index (χ3v) is 6.78. The Balaban J connectivity index is 2.56. The van der Waals surface area contributed by atoms with E-state index >= 15 is 0 Å². The van der Waals surface area contributed by atoms with Crippen LogP contribution in [0, 0.1) is 0 Å². The van der Waals surface area contributed by atoms with Gasteiger partial charge in [-0.1, -0.05) is 0 Å². The van der Waals surface area contributed by atoms with E-state index in [9.17, 15) is 14.4 Å². The molecule has 0 fully saturated rings. The maximum absolute atomic E-state index is 12.7. The Labute approximate surface area is 191 Å². The molecule has 0 amide bonds. The van der Waals surface area contributed by atoms with E-state index in [4.69, 9.17) is 18.9 Å². The zero-order valence-corrected chi connectivity index (χ0v) is 20.9. The maximum atomic E-state index is 12.7. The molecule has 164 valence electrons. The first kappa shape index (κ1) is 24.5. The number of carbonyl (C=O) groups is 2. The van der Waals surface area contributed by atoms with Crippen LogP contribution in [0.3, 0.4) is 0 Å². The van der Waals surface area contributed by atoms with Gasteiger partial charge in [-0.2, -0.15) is 0 Å². The SMILES string of the molecule is CSc1sc2cc(OC(=O)OC(C)(C)C)c(OC(=O)OC(C)(C)C)cc2c(=O)c1Br. The third kappa shape index (κ3) is 6.61. The summed E-state index contributed by atoms with van der Waals surface area (Å²) in [6, 6.07) is 2.82. The maximum Gasteiger partial charge on any atom is 0.514 e. The summed E-state index contributed by atoms with van der Waals surface area (Å²) in [5.41, 5.74) is -1.84. The van der Waals surface area contributed by atoms with Gasteiger partial charge in [0.25, 0.3) is 0 Å². The molecule has 2 aromatic rings. The van der Waals surface area contributed by atoms with Crippen LogP contribution in [-0.2, 0) is 9.47 Å². The molecule has 0 atom stereocenters. The second-order valence-electron chi connectivity index (χ2n) is 8.16. The zero-order valence-electron chi connectivity index (χ0n) is 17.7. The Hall–Kier alpha value is -1.78. The summed E-state index contributed by atoms with van der Waals surface area (Å²) in [7, 11) is 0. The summed E-state index contributed by atoms with van der Waals surface area (Å²) in [6.07, 6.45) is -0.114. The van der Waals surface area contributed by atoms with Crippen LogP contribution in [0.2, 0.25) is 0 Å². The summed E-state index contributed by atoms with van der Waals surface area (Å²) in [5.74, 6) is -0.191. The van der Waals surface area contributed by atoms with E-state index < -0.39 is 23.5 Å². The molecule has 0 N–H and O–H groups in total. The molecular formula is C20H23BrO7S2. The minimum absolute atomic E-state index is 0.0624. The van der Waals surface area contributed by atoms with Gasteiger partial charge in [0.05, 0.1) is 8.68 Å². The first-order valence-corrected chi connectivity index (χ1v) is 11.7. The van der Waals surface area contributed by atoms with Crippen LogP contribution in [0.5, 0.6) is 11.5 Å². The van der Waals surface area contributed by atoms with Crippen molar-refractivity contribution >= 4 is 61.4 Å². The number of benzene rings is 1. The molecule has 30 heavy (non-hydrogen) atoms. The van der Waals surface area contributed by atoms with Crippen molar-refractivity contribution in [1.82, 2.24) is 0 Å². The molecule has 0 saturated heterocycles. The van der Waals surface area contributed by atoms with Crippen LogP contribution in [0.1, 0.15) is 41.5 Å². The second-order valence-corrected chi connectivity index (χ2v) is 11.1. The smallest absolute Gasteiger partial charge is 0.428 e. The van der Waals surface area contributed by atoms with Gasteiger partial charge in [-0.25, -0.2) is 9.59 Å². The topological polar surface area (TPSA) is 88.1 Å². The van der Waals surface area contributed by atoms with E-state index in [2.05, 4.69) is 15.9 Å². The molecule has 1 heterocycles. The van der Waals surface area contributed by atoms with E-state index in [-0.39, 0.29) is 16.9 Å². The fourth-order valence-corrected chi connectivity index (χ4v) is 4.80. The predicted molar refractivity (Wildman–Crippen MR) is 121 cm³/mol. The molecule has 0 aliphatic rings. The minimum atomic E-state index is -0.994. The number of hydrogen-bond acceptors (Lipinski definition) is 9. The summed E-state index contributed by atoms with van der Waals surface area (Å²) < 4.78 is 22.6. The number of ether oxygens (including phenoxy) is 4. The van der Waals surface area contributed by atoms with Gasteiger partial charge in [-0.05, 0) is 69.8 Å². The fraction of sp³-hybridized carbons (Fsp3) is 0.450. The van der Waals surface area contributed by atoms with Crippen molar-refractivity contribution in [3.8, 4) is 11.5 Å². The lowest BCUT2D eigenvalue weighted by atomic mass is 10.2. The molecule has 0 spiro atoms. The van der Waals surface area contributed by atoms with Crippen molar-refractivity contribution in [3.63, 3.8) is 0 Å². The van der Waals surface area contributed by atoms with Crippen molar-refractivity contribution in [1.29, 1.82) is 0 Å². The number of thioether (sulfide) groups is 1. The van der Waals surface area contributed by atoms with Gasteiger partial charge < -0.3 is 18.9 Å². The van der Waals surface area contributed by atoms with Gasteiger partial charge in [0.2, 0.25) is 5.43 Å². The van der Waals surface area contributed by atoms with Gasteiger partial charge in [-0.15, -0.1) is 23.1 Å². The number of carbonyl (C=O) groups excluding carboxylic acids is 2. The molecular weight excluding hydrogens is 496 g/mol. The average molecular weight is 519 g/mol. The highest BCUT2D eigenvalue weighted by Crippen LogP contribution is 2.38. The molecule has 0 radical (unpaired) electrons. The Morgan fingerprint density at radius 3 is 1.83 bits per heavy atom. The Morgan fingerprint density at radius 2 is 1.40 bits per heavy atom. The first-order chi connectivity index (χ1) is 13.7. The van der Waals surface area contributed by atoms with Gasteiger partial charge in [-0.3, -0.25) is 4.79 Å². The monoisotopic (exact) mass is 518 g/mol. The number of halogens is 1. The number of fused-ring (bicyclic) bond motifs is 1. The minimum Gasteiger partial charge on any atom is -0.428 e. The van der Waals surface area contributed by atoms with Crippen LogP contribution >= 0.6 is 39.0 Å². The predicted octanol–water partition coefficient (Wildman–Crippen LogP) is 6.37. The fourth-order valence-electron chi connectivity index (χ4n) is 2.17. The molecule has 10 heteroatoms. The lowest BCUT2D eigenvalue weighted by Gasteiger charge is -2.21. The van der Waals surface area contributed by atoms with Crippen LogP contribution in [0.15, 0.2) is 25.6 Å². The lowest BCUT2D eigenvalue weighted by Crippen LogP contribution is -2.27. The summed E-state index contributed by atoms with van der Waals surface area (Å²) in [4.78, 5) is 37.1. The molecule has 0 unspecified atom stereocenters. The zero-order chi connectivity index (χ0) is 22.9. The van der Waals surface area contributed by atoms with Crippen LogP contribution in [-0.4, -0.2) is 29.8 Å². The van der Waals surface area contributed by atoms with Gasteiger partial charge in [0, 0.05) is 16.2 Å². The van der Waals surface area contributed by atoms with E-state index in [0.717, 1.165) is 4.21 Å². The van der Waals surface area contributed by atoms with Crippen molar-refractivity contribution in [2.75, 3.05) is 6.26 Å². The van der Waals surface area contributed by atoms with Crippen LogP contribution < -0.4 is 14.9 Å². The highest BCUT2D eigenvalue weighted by Gasteiger charge is 2.24. The van der Waals surface area contributed by atoms with Crippen LogP contribution in [0.4, 0.5) is 9.59 Å². The normalized spacial score (nSPS) is 11.9. The largest absolute Gasteiger partial charge is 0.514 e. The lowest BCUT2D eigenvalue weighted by molar-refractivity contribution is 0.0138. The van der Waals surface area contributed by atoms with E-state index in [1.54, 1.807) is 41.5 Å². The highest BCUT2D eigenvalue weighted by atomic mass is 79.9. The summed E-state index contributed by atoms with van der Waals surface area (Å²) >= 11 is 6.05. The quantitative estimate of drug-likeness (QED) is 0.263. The van der Waals surface area contributed by atoms with Crippen molar-refractivity contribution in [2.24, 2.45) is 0 Å². The van der Waals surface area contributed by atoms with E-state index in [1.807, 2.05) is 6.26 Å². The van der Waals surface area contributed by atoms with Crippen molar-refractivity contribution in [3.05, 3.63) is 26.8 Å². The molecule has 0 bridgehead atoms. The highest BCUT2D eigenvalue weighted by molar-refractivity contribution is 9.10. The number of hydrogen-bond donors (Lipinski definition) is 0. The van der Waals surface area contributed by atoms with Crippen molar-refractivity contribution < 1.29 is 28.5 Å².